The summed E-state index contributed by atoms with van der Waals surface area (Å²) < 4.78 is 32.4. The van der Waals surface area contributed by atoms with Crippen molar-refractivity contribution >= 4 is 64.2 Å². The van der Waals surface area contributed by atoms with Gasteiger partial charge in [0.1, 0.15) is 46.8 Å². The van der Waals surface area contributed by atoms with E-state index in [1.807, 2.05) is 46.1 Å². The number of anilines is 1. The maximum atomic E-state index is 14.9. The van der Waals surface area contributed by atoms with Gasteiger partial charge in [-0.15, -0.1) is 17.9 Å². The van der Waals surface area contributed by atoms with Gasteiger partial charge in [0.05, 0.1) is 31.0 Å². The lowest BCUT2D eigenvalue weighted by molar-refractivity contribution is -0.142. The van der Waals surface area contributed by atoms with Gasteiger partial charge < -0.3 is 40.0 Å². The quantitative estimate of drug-likeness (QED) is 0.0662. The molecule has 3 aliphatic rings. The zero-order chi connectivity index (χ0) is 44.6. The minimum atomic E-state index is -4.19. The third kappa shape index (κ3) is 9.76. The van der Waals surface area contributed by atoms with Crippen molar-refractivity contribution in [3.8, 4) is 22.9 Å². The van der Waals surface area contributed by atoms with Crippen LogP contribution in [0.1, 0.15) is 78.7 Å². The van der Waals surface area contributed by atoms with E-state index in [4.69, 9.17) is 35.8 Å². The van der Waals surface area contributed by atoms with Crippen LogP contribution in [0.4, 0.5) is 9.93 Å². The number of halogens is 1. The molecule has 2 unspecified atom stereocenters. The molecule has 0 bridgehead atoms. The molecule has 1 saturated heterocycles. The lowest BCUT2D eigenvalue weighted by Crippen LogP contribution is -2.58. The topological polar surface area (TPSA) is 181 Å². The van der Waals surface area contributed by atoms with Crippen LogP contribution in [0.3, 0.4) is 0 Å². The molecular formula is C45H56ClN6O8PS. The van der Waals surface area contributed by atoms with Gasteiger partial charge in [0, 0.05) is 46.3 Å². The lowest BCUT2D eigenvalue weighted by Gasteiger charge is -2.36. The summed E-state index contributed by atoms with van der Waals surface area (Å²) in [5, 5.41) is 11.2. The van der Waals surface area contributed by atoms with Gasteiger partial charge >= 0.3 is 6.09 Å². The number of amides is 3. The Morgan fingerprint density at radius 3 is 2.50 bits per heavy atom. The second kappa shape index (κ2) is 18.2. The van der Waals surface area contributed by atoms with E-state index in [2.05, 4.69) is 22.5 Å². The van der Waals surface area contributed by atoms with Gasteiger partial charge in [-0.25, -0.2) is 14.8 Å². The number of thiazole rings is 1. The van der Waals surface area contributed by atoms with Gasteiger partial charge in [-0.3, -0.25) is 14.2 Å². The van der Waals surface area contributed by atoms with E-state index in [0.29, 0.717) is 44.4 Å². The van der Waals surface area contributed by atoms with Crippen LogP contribution in [0.25, 0.3) is 22.3 Å². The number of carbonyl (C=O) groups is 3. The molecule has 2 aliphatic carbocycles. The number of hydrogen-bond donors (Lipinski definition) is 4. The van der Waals surface area contributed by atoms with Crippen LogP contribution in [-0.2, 0) is 25.1 Å². The molecule has 3 amide bonds. The highest BCUT2D eigenvalue weighted by molar-refractivity contribution is 7.59. The summed E-state index contributed by atoms with van der Waals surface area (Å²) in [5.41, 5.74) is 1.44. The Balaban J connectivity index is 1.22. The Morgan fingerprint density at radius 2 is 1.84 bits per heavy atom. The summed E-state index contributed by atoms with van der Waals surface area (Å²) in [4.78, 5) is 65.8. The molecule has 4 aromatic rings. The molecule has 62 heavy (non-hydrogen) atoms. The number of methoxy groups -OCH3 is 1. The lowest BCUT2D eigenvalue weighted by atomic mass is 9.85. The molecule has 2 aromatic carbocycles. The van der Waals surface area contributed by atoms with E-state index in [0.717, 1.165) is 30.8 Å². The maximum absolute atomic E-state index is 14.9. The first-order valence-corrected chi connectivity index (χ1v) is 24.2. The van der Waals surface area contributed by atoms with Crippen LogP contribution in [0.2, 0.25) is 5.02 Å². The van der Waals surface area contributed by atoms with Crippen LogP contribution < -0.4 is 25.4 Å². The van der Waals surface area contributed by atoms with Crippen LogP contribution >= 0.6 is 30.3 Å². The Hall–Kier alpha value is -4.69. The highest BCUT2D eigenvalue weighted by Gasteiger charge is 2.66. The average molecular weight is 907 g/mol. The van der Waals surface area contributed by atoms with Crippen molar-refractivity contribution in [1.82, 2.24) is 25.5 Å². The molecule has 1 aliphatic heterocycles. The Labute approximate surface area is 371 Å². The van der Waals surface area contributed by atoms with Crippen molar-refractivity contribution in [2.75, 3.05) is 19.0 Å². The molecular weight excluding hydrogens is 851 g/mol. The van der Waals surface area contributed by atoms with E-state index in [1.165, 1.54) is 16.2 Å². The second-order valence-corrected chi connectivity index (χ2v) is 21.7. The zero-order valence-corrected chi connectivity index (χ0v) is 38.4. The minimum Gasteiger partial charge on any atom is -0.497 e. The standard InChI is InChI=1S/C45H56ClN6O8PS/c1-8-28-22-45(28,61(56,57)24-27-13-9-12-16-33(27)46)51-40(53)37-20-31(23-52(37)41(54)39(44(4,5)6)50-43(55)60-29-14-10-11-15-29)59-38-21-35(36-25-62-42(49-36)47-26(2)3)48-34-19-30(58-7)17-18-32(34)38/h8-9,12-13,16-19,21,25-26,28-29,31,37,39H,1,10-11,14-15,20,22-24H2,2-7H3,(H,47,49)(H,50,55)(H,51,53)(H,56,57)/t28-,31?,37+,39-,45+/m1/s1. The van der Waals surface area contributed by atoms with Gasteiger partial charge in [-0.05, 0) is 75.1 Å². The number of pyridine rings is 1. The van der Waals surface area contributed by atoms with Crippen LogP contribution in [0.5, 0.6) is 11.5 Å². The Bertz CT molecular complexity index is 2380. The van der Waals surface area contributed by atoms with E-state index in [9.17, 15) is 23.8 Å². The molecule has 0 radical (unpaired) electrons. The molecule has 14 nitrogen and oxygen atoms in total. The second-order valence-electron chi connectivity index (χ2n) is 17.9. The number of nitrogens with one attached hydrogen (secondary N) is 3. The molecule has 2 aromatic heterocycles. The van der Waals surface area contributed by atoms with Crippen LogP contribution in [-0.4, -0.2) is 86.9 Å². The molecule has 3 fully saturated rings. The Kier molecular flexibility index (Phi) is 13.3. The number of hydrogen-bond acceptors (Lipinski definition) is 11. The largest absolute Gasteiger partial charge is 0.497 e. The number of alkyl carbamates (subject to hydrolysis) is 1. The number of aromatic nitrogens is 2. The average Bonchev–Trinajstić information content (AvgIpc) is 3.61. The van der Waals surface area contributed by atoms with Gasteiger partial charge in [0.25, 0.3) is 0 Å². The van der Waals surface area contributed by atoms with E-state index < -0.39 is 60.1 Å². The first-order valence-electron chi connectivity index (χ1n) is 21.1. The van der Waals surface area contributed by atoms with Crippen molar-refractivity contribution in [1.29, 1.82) is 0 Å². The minimum absolute atomic E-state index is 0.0322. The fourth-order valence-corrected chi connectivity index (χ4v) is 12.0. The first-order chi connectivity index (χ1) is 29.4. The summed E-state index contributed by atoms with van der Waals surface area (Å²) in [6, 6.07) is 12.0. The number of rotatable bonds is 15. The van der Waals surface area contributed by atoms with Gasteiger partial charge in [-0.2, -0.15) is 0 Å². The smallest absolute Gasteiger partial charge is 0.408 e. The van der Waals surface area contributed by atoms with Crippen LogP contribution in [0.15, 0.2) is 66.6 Å². The van der Waals surface area contributed by atoms with Crippen molar-refractivity contribution in [3.63, 3.8) is 0 Å². The summed E-state index contributed by atoms with van der Waals surface area (Å²) in [5.74, 6) is -0.595. The fraction of sp³-hybridized carbons (Fsp3) is 0.489. The maximum Gasteiger partial charge on any atom is 0.408 e. The van der Waals surface area contributed by atoms with Gasteiger partial charge in [0.15, 0.2) is 5.13 Å². The molecule has 17 heteroatoms. The third-order valence-corrected chi connectivity index (χ3v) is 15.6. The molecule has 332 valence electrons. The summed E-state index contributed by atoms with van der Waals surface area (Å²) in [7, 11) is -2.62. The predicted octanol–water partition coefficient (Wildman–Crippen LogP) is 8.76. The molecule has 2 saturated carbocycles. The highest BCUT2D eigenvalue weighted by Crippen LogP contribution is 2.71. The first kappa shape index (κ1) is 45.3. The van der Waals surface area contributed by atoms with Crippen molar-refractivity contribution in [2.24, 2.45) is 11.3 Å². The van der Waals surface area contributed by atoms with Gasteiger partial charge in [0.2, 0.25) is 19.2 Å². The van der Waals surface area contributed by atoms with E-state index >= 15 is 0 Å². The van der Waals surface area contributed by atoms with Crippen molar-refractivity contribution < 1.29 is 38.1 Å². The summed E-state index contributed by atoms with van der Waals surface area (Å²) in [6.07, 6.45) is 3.27. The van der Waals surface area contributed by atoms with Gasteiger partial charge in [-0.1, -0.05) is 56.6 Å². The van der Waals surface area contributed by atoms with Crippen molar-refractivity contribution in [3.05, 3.63) is 77.2 Å². The SMILES string of the molecule is C=C[C@@H]1C[C@]1(NC(=O)[C@@H]1CC(Oc2cc(-c3csc(NC(C)C)n3)nc3cc(OC)ccc23)CN1C(=O)[C@@H](NC(=O)OC1CCCC1)C(C)(C)C)P(=O)(O)Cc1ccccc1Cl. The van der Waals surface area contributed by atoms with Crippen molar-refractivity contribution in [2.45, 2.75) is 115 Å². The number of likely N-dealkylation sites (tertiary alicyclic amines) is 1. The fourth-order valence-electron chi connectivity index (χ4n) is 8.40. The van der Waals surface area contributed by atoms with E-state index in [1.54, 1.807) is 55.7 Å². The molecule has 0 spiro atoms. The number of nitrogens with zero attached hydrogens (tertiary/aromatic N) is 3. The van der Waals surface area contributed by atoms with Crippen LogP contribution in [0, 0.1) is 11.3 Å². The molecule has 4 N–H and O–H groups in total. The molecule has 7 rings (SSSR count). The zero-order valence-electron chi connectivity index (χ0n) is 36.0. The monoisotopic (exact) mass is 906 g/mol. The highest BCUT2D eigenvalue weighted by atomic mass is 35.5. The number of ether oxygens (including phenoxy) is 3. The summed E-state index contributed by atoms with van der Waals surface area (Å²) in [6.45, 7) is 13.4. The number of benzene rings is 2. The summed E-state index contributed by atoms with van der Waals surface area (Å²) >= 11 is 7.89. The third-order valence-electron chi connectivity index (χ3n) is 11.8. The molecule has 6 atom stereocenters. The predicted molar refractivity (Wildman–Crippen MR) is 242 cm³/mol. The van der Waals surface area contributed by atoms with E-state index in [-0.39, 0.29) is 37.7 Å². The Morgan fingerprint density at radius 1 is 1.10 bits per heavy atom. The number of carbonyl (C=O) groups excluding carboxylic acids is 3. The molecule has 3 heterocycles. The number of fused-ring (bicyclic) bond motifs is 1. The normalized spacial score (nSPS) is 22.8.